The number of rotatable bonds is 5. The molecule has 2 rings (SSSR count). The zero-order valence-corrected chi connectivity index (χ0v) is 11.0. The van der Waals surface area contributed by atoms with Crippen LogP contribution in [0.15, 0.2) is 0 Å². The van der Waals surface area contributed by atoms with Gasteiger partial charge in [-0.2, -0.15) is 0 Å². The smallest absolute Gasteiger partial charge is 0.246 e. The van der Waals surface area contributed by atoms with Gasteiger partial charge in [-0.15, -0.1) is 0 Å². The van der Waals surface area contributed by atoms with Crippen LogP contribution in [0, 0.1) is 5.92 Å². The first-order valence-corrected chi connectivity index (χ1v) is 6.57. The van der Waals surface area contributed by atoms with E-state index in [4.69, 9.17) is 0 Å². The molecule has 1 heterocycles. The van der Waals surface area contributed by atoms with Gasteiger partial charge in [-0.25, -0.2) is 0 Å². The van der Waals surface area contributed by atoms with Gasteiger partial charge in [-0.05, 0) is 39.0 Å². The van der Waals surface area contributed by atoms with E-state index in [2.05, 4.69) is 19.2 Å². The van der Waals surface area contributed by atoms with E-state index in [0.717, 1.165) is 6.42 Å². The van der Waals surface area contributed by atoms with E-state index in [1.165, 1.54) is 17.7 Å². The van der Waals surface area contributed by atoms with Crippen LogP contribution in [0.1, 0.15) is 46.5 Å². The highest BCUT2D eigenvalue weighted by atomic mass is 16.2. The fourth-order valence-corrected chi connectivity index (χ4v) is 2.63. The molecule has 2 amide bonds. The van der Waals surface area contributed by atoms with Crippen molar-refractivity contribution in [1.82, 2.24) is 10.2 Å². The third-order valence-electron chi connectivity index (χ3n) is 3.84. The van der Waals surface area contributed by atoms with Gasteiger partial charge < -0.3 is 5.32 Å². The maximum atomic E-state index is 12.1. The van der Waals surface area contributed by atoms with Gasteiger partial charge in [0, 0.05) is 12.1 Å². The molecule has 4 nitrogen and oxygen atoms in total. The van der Waals surface area contributed by atoms with Gasteiger partial charge in [0.1, 0.15) is 0 Å². The number of likely N-dealkylation sites (tertiary alicyclic amines) is 1. The van der Waals surface area contributed by atoms with Gasteiger partial charge in [-0.3, -0.25) is 14.5 Å². The molecule has 0 spiro atoms. The van der Waals surface area contributed by atoms with Gasteiger partial charge in [0.05, 0.1) is 12.5 Å². The van der Waals surface area contributed by atoms with Crippen molar-refractivity contribution in [3.05, 3.63) is 0 Å². The van der Waals surface area contributed by atoms with Gasteiger partial charge >= 0.3 is 0 Å². The van der Waals surface area contributed by atoms with Gasteiger partial charge in [0.15, 0.2) is 0 Å². The van der Waals surface area contributed by atoms with Gasteiger partial charge in [0.25, 0.3) is 0 Å². The minimum Gasteiger partial charge on any atom is -0.300 e. The molecule has 1 saturated heterocycles. The van der Waals surface area contributed by atoms with Crippen molar-refractivity contribution in [2.45, 2.75) is 58.0 Å². The number of nitrogens with zero attached hydrogens (tertiary/aromatic N) is 1. The summed E-state index contributed by atoms with van der Waals surface area (Å²) in [7, 11) is 0. The number of carbonyl (C=O) groups is 2. The Morgan fingerprint density at radius 3 is 2.53 bits per heavy atom. The van der Waals surface area contributed by atoms with E-state index >= 15 is 0 Å². The van der Waals surface area contributed by atoms with E-state index in [1.807, 2.05) is 6.92 Å². The fraction of sp³-hybridized carbons (Fsp3) is 0.846. The van der Waals surface area contributed by atoms with Crippen molar-refractivity contribution in [3.63, 3.8) is 0 Å². The Morgan fingerprint density at radius 2 is 2.00 bits per heavy atom. The molecule has 0 radical (unpaired) electrons. The van der Waals surface area contributed by atoms with E-state index in [0.29, 0.717) is 18.9 Å². The van der Waals surface area contributed by atoms with Crippen LogP contribution in [0.3, 0.4) is 0 Å². The number of imide groups is 1. The predicted octanol–water partition coefficient (Wildman–Crippen LogP) is 1.30. The van der Waals surface area contributed by atoms with Crippen LogP contribution in [0.4, 0.5) is 0 Å². The SMILES string of the molecule is CCCN1C(=O)CC(NC(C)(C)C2CC2)C1=O. The first-order chi connectivity index (χ1) is 7.95. The minimum absolute atomic E-state index is 0.0250. The van der Waals surface area contributed by atoms with Crippen LogP contribution in [0.25, 0.3) is 0 Å². The molecular formula is C13H22N2O2. The molecule has 1 saturated carbocycles. The number of hydrogen-bond acceptors (Lipinski definition) is 3. The topological polar surface area (TPSA) is 49.4 Å². The summed E-state index contributed by atoms with van der Waals surface area (Å²) in [6.45, 7) is 6.80. The molecule has 2 fully saturated rings. The molecule has 0 aromatic carbocycles. The third kappa shape index (κ3) is 2.51. The zero-order valence-electron chi connectivity index (χ0n) is 11.0. The van der Waals surface area contributed by atoms with Crippen molar-refractivity contribution in [2.75, 3.05) is 6.54 Å². The quantitative estimate of drug-likeness (QED) is 0.735. The number of hydrogen-bond donors (Lipinski definition) is 1. The second kappa shape index (κ2) is 4.41. The first-order valence-electron chi connectivity index (χ1n) is 6.57. The summed E-state index contributed by atoms with van der Waals surface area (Å²) < 4.78 is 0. The van der Waals surface area contributed by atoms with Crippen LogP contribution in [0.2, 0.25) is 0 Å². The summed E-state index contributed by atoms with van der Waals surface area (Å²) in [5.74, 6) is 0.595. The largest absolute Gasteiger partial charge is 0.300 e. The molecule has 0 aromatic heterocycles. The van der Waals surface area contributed by atoms with E-state index in [-0.39, 0.29) is 23.4 Å². The molecule has 2 aliphatic rings. The van der Waals surface area contributed by atoms with Crippen LogP contribution in [-0.2, 0) is 9.59 Å². The van der Waals surface area contributed by atoms with Crippen LogP contribution >= 0.6 is 0 Å². The van der Waals surface area contributed by atoms with Crippen molar-refractivity contribution in [2.24, 2.45) is 5.92 Å². The monoisotopic (exact) mass is 238 g/mol. The van der Waals surface area contributed by atoms with Gasteiger partial charge in [-0.1, -0.05) is 6.92 Å². The van der Waals surface area contributed by atoms with Crippen molar-refractivity contribution >= 4 is 11.8 Å². The summed E-state index contributed by atoms with van der Waals surface area (Å²) in [4.78, 5) is 25.2. The van der Waals surface area contributed by atoms with Crippen LogP contribution in [0.5, 0.6) is 0 Å². The Balaban J connectivity index is 1.98. The predicted molar refractivity (Wildman–Crippen MR) is 65.4 cm³/mol. The lowest BCUT2D eigenvalue weighted by Gasteiger charge is -2.29. The molecule has 4 heteroatoms. The van der Waals surface area contributed by atoms with Gasteiger partial charge in [0.2, 0.25) is 11.8 Å². The summed E-state index contributed by atoms with van der Waals surface area (Å²) >= 11 is 0. The molecule has 0 aromatic rings. The zero-order chi connectivity index (χ0) is 12.6. The highest BCUT2D eigenvalue weighted by Gasteiger charge is 2.44. The van der Waals surface area contributed by atoms with E-state index in [1.54, 1.807) is 0 Å². The Kier molecular flexibility index (Phi) is 3.25. The van der Waals surface area contributed by atoms with Crippen molar-refractivity contribution in [3.8, 4) is 0 Å². The maximum Gasteiger partial charge on any atom is 0.246 e. The van der Waals surface area contributed by atoms with Crippen molar-refractivity contribution < 1.29 is 9.59 Å². The van der Waals surface area contributed by atoms with E-state index in [9.17, 15) is 9.59 Å². The maximum absolute atomic E-state index is 12.1. The second-order valence-corrected chi connectivity index (χ2v) is 5.78. The minimum atomic E-state index is -0.301. The lowest BCUT2D eigenvalue weighted by molar-refractivity contribution is -0.139. The summed E-state index contributed by atoms with van der Waals surface area (Å²) in [5, 5.41) is 3.37. The molecular weight excluding hydrogens is 216 g/mol. The molecule has 0 bridgehead atoms. The Hall–Kier alpha value is -0.900. The molecule has 96 valence electrons. The van der Waals surface area contributed by atoms with E-state index < -0.39 is 0 Å². The lowest BCUT2D eigenvalue weighted by atomic mass is 9.97. The molecule has 17 heavy (non-hydrogen) atoms. The third-order valence-corrected chi connectivity index (χ3v) is 3.84. The normalized spacial score (nSPS) is 25.8. The summed E-state index contributed by atoms with van der Waals surface area (Å²) in [6, 6.07) is -0.301. The molecule has 1 aliphatic carbocycles. The highest BCUT2D eigenvalue weighted by molar-refractivity contribution is 6.05. The number of carbonyl (C=O) groups excluding carboxylic acids is 2. The number of nitrogens with one attached hydrogen (secondary N) is 1. The first kappa shape index (κ1) is 12.6. The number of amides is 2. The molecule has 1 unspecified atom stereocenters. The van der Waals surface area contributed by atoms with Crippen molar-refractivity contribution in [1.29, 1.82) is 0 Å². The standard InChI is InChI=1S/C13H22N2O2/c1-4-7-15-11(16)8-10(12(15)17)14-13(2,3)9-5-6-9/h9-10,14H,4-8H2,1-3H3. The lowest BCUT2D eigenvalue weighted by Crippen LogP contribution is -2.50. The van der Waals surface area contributed by atoms with Crippen LogP contribution < -0.4 is 5.32 Å². The highest BCUT2D eigenvalue weighted by Crippen LogP contribution is 2.39. The summed E-state index contributed by atoms with van der Waals surface area (Å²) in [5.41, 5.74) is -0.0250. The summed E-state index contributed by atoms with van der Waals surface area (Å²) in [6.07, 6.45) is 3.62. The fourth-order valence-electron chi connectivity index (χ4n) is 2.63. The average Bonchev–Trinajstić information content (AvgIpc) is 3.04. The molecule has 1 atom stereocenters. The Bertz CT molecular complexity index is 334. The Morgan fingerprint density at radius 1 is 1.35 bits per heavy atom. The van der Waals surface area contributed by atoms with Crippen LogP contribution in [-0.4, -0.2) is 34.8 Å². The second-order valence-electron chi connectivity index (χ2n) is 5.78. The average molecular weight is 238 g/mol. The molecule has 1 aliphatic heterocycles. The Labute approximate surface area is 103 Å². The molecule has 1 N–H and O–H groups in total.